The third-order valence-corrected chi connectivity index (χ3v) is 3.74. The van der Waals surface area contributed by atoms with Gasteiger partial charge in [-0.25, -0.2) is 0 Å². The van der Waals surface area contributed by atoms with Crippen LogP contribution in [0, 0.1) is 0 Å². The summed E-state index contributed by atoms with van der Waals surface area (Å²) in [7, 11) is 0. The van der Waals surface area contributed by atoms with Crippen molar-refractivity contribution in [3.8, 4) is 11.1 Å². The van der Waals surface area contributed by atoms with Gasteiger partial charge in [0.2, 0.25) is 0 Å². The molecule has 3 aromatic carbocycles. The smallest absolute Gasteiger partial charge is 0.129 e. The van der Waals surface area contributed by atoms with Crippen LogP contribution >= 0.6 is 0 Å². The van der Waals surface area contributed by atoms with Gasteiger partial charge in [-0.3, -0.25) is 0 Å². The van der Waals surface area contributed by atoms with Crippen molar-refractivity contribution < 1.29 is 18.9 Å². The molecule has 0 unspecified atom stereocenters. The van der Waals surface area contributed by atoms with Crippen LogP contribution in [0.15, 0.2) is 60.7 Å². The molecule has 0 saturated heterocycles. The molecule has 0 amide bonds. The van der Waals surface area contributed by atoms with Crippen LogP contribution in [-0.2, 0) is 5.41 Å². The zero-order valence-electron chi connectivity index (χ0n) is 12.8. The molecule has 0 aliphatic rings. The average molecular weight is 254 g/mol. The second-order valence-corrected chi connectivity index (χ2v) is 6.16. The van der Waals surface area contributed by atoms with Crippen molar-refractivity contribution in [1.29, 1.82) is 0 Å². The molecule has 0 saturated carbocycles. The van der Waals surface area contributed by atoms with Crippen molar-refractivity contribution >= 4 is 10.8 Å². The van der Waals surface area contributed by atoms with Gasteiger partial charge in [-0.15, -0.1) is 35.9 Å². The summed E-state index contributed by atoms with van der Waals surface area (Å²) >= 11 is 0. The van der Waals surface area contributed by atoms with Crippen LogP contribution in [0.1, 0.15) is 26.3 Å². The van der Waals surface area contributed by atoms with Gasteiger partial charge >= 0.3 is 18.9 Å². The fourth-order valence-corrected chi connectivity index (χ4v) is 2.55. The Morgan fingerprint density at radius 1 is 0.800 bits per heavy atom. The standard InChI is InChI=1S/C19H19.Li/c1-19(2,3)16-11-8-15(9-12-16)18-13-10-14-6-4-5-7-17(14)18;/h4-13H,1-3H3;/q-1;+1. The molecule has 0 aromatic heterocycles. The molecule has 0 aliphatic heterocycles. The minimum Gasteiger partial charge on any atom is -0.129 e. The van der Waals surface area contributed by atoms with Crippen molar-refractivity contribution in [2.45, 2.75) is 26.2 Å². The van der Waals surface area contributed by atoms with Gasteiger partial charge in [0.15, 0.2) is 0 Å². The number of hydrogen-bond acceptors (Lipinski definition) is 0. The first kappa shape index (κ1) is 15.0. The molecule has 0 heterocycles. The topological polar surface area (TPSA) is 0 Å². The molecule has 0 fully saturated rings. The molecule has 0 aliphatic carbocycles. The van der Waals surface area contributed by atoms with Crippen LogP contribution in [0.25, 0.3) is 21.9 Å². The molecule has 0 radical (unpaired) electrons. The maximum atomic E-state index is 2.25. The van der Waals surface area contributed by atoms with Gasteiger partial charge in [-0.1, -0.05) is 73.0 Å². The molecule has 96 valence electrons. The van der Waals surface area contributed by atoms with E-state index in [1.807, 2.05) is 0 Å². The molecule has 0 N–H and O–H groups in total. The van der Waals surface area contributed by atoms with E-state index in [1.165, 1.54) is 27.5 Å². The van der Waals surface area contributed by atoms with Crippen LogP contribution in [0.5, 0.6) is 0 Å². The fraction of sp³-hybridized carbons (Fsp3) is 0.211. The quantitative estimate of drug-likeness (QED) is 0.462. The summed E-state index contributed by atoms with van der Waals surface area (Å²) in [6.45, 7) is 6.75. The van der Waals surface area contributed by atoms with Crippen LogP contribution in [0.2, 0.25) is 0 Å². The third-order valence-electron chi connectivity index (χ3n) is 3.74. The maximum Gasteiger partial charge on any atom is 1.00 e. The number of fused-ring (bicyclic) bond motifs is 1. The molecule has 0 nitrogen and oxygen atoms in total. The van der Waals surface area contributed by atoms with E-state index in [0.717, 1.165) is 0 Å². The Bertz CT molecular complexity index is 696. The van der Waals surface area contributed by atoms with E-state index >= 15 is 0 Å². The summed E-state index contributed by atoms with van der Waals surface area (Å²) in [5, 5.41) is 2.66. The Hall–Kier alpha value is -1.35. The van der Waals surface area contributed by atoms with Gasteiger partial charge in [-0.05, 0) is 5.41 Å². The monoisotopic (exact) mass is 254 g/mol. The largest absolute Gasteiger partial charge is 1.00 e. The second kappa shape index (κ2) is 5.56. The zero-order valence-corrected chi connectivity index (χ0v) is 12.8. The van der Waals surface area contributed by atoms with Gasteiger partial charge < -0.3 is 0 Å². The number of hydrogen-bond donors (Lipinski definition) is 0. The van der Waals surface area contributed by atoms with Crippen LogP contribution in [-0.4, -0.2) is 0 Å². The molecular weight excluding hydrogens is 235 g/mol. The normalized spacial score (nSPS) is 11.3. The first-order valence-electron chi connectivity index (χ1n) is 6.81. The van der Waals surface area contributed by atoms with Gasteiger partial charge in [0.05, 0.1) is 0 Å². The molecule has 0 spiro atoms. The van der Waals surface area contributed by atoms with E-state index < -0.39 is 0 Å². The SMILES string of the molecule is CC(C)(C)c1ccc(-[c-]2ccc3ccccc32)cc1.[Li+]. The predicted molar refractivity (Wildman–Crippen MR) is 83.7 cm³/mol. The Morgan fingerprint density at radius 3 is 2.10 bits per heavy atom. The van der Waals surface area contributed by atoms with Crippen molar-refractivity contribution in [2.24, 2.45) is 0 Å². The number of benzene rings is 2. The molecular formula is C19H19Li. The zero-order chi connectivity index (χ0) is 13.5. The molecule has 1 heteroatoms. The van der Waals surface area contributed by atoms with E-state index in [1.54, 1.807) is 0 Å². The Labute approximate surface area is 133 Å². The average Bonchev–Trinajstić information content (AvgIpc) is 2.82. The van der Waals surface area contributed by atoms with Crippen LogP contribution in [0.3, 0.4) is 0 Å². The van der Waals surface area contributed by atoms with Gasteiger partial charge in [-0.2, -0.15) is 0 Å². The van der Waals surface area contributed by atoms with E-state index in [2.05, 4.69) is 81.4 Å². The molecule has 3 rings (SSSR count). The van der Waals surface area contributed by atoms with E-state index in [9.17, 15) is 0 Å². The van der Waals surface area contributed by atoms with Gasteiger partial charge in [0.25, 0.3) is 0 Å². The molecule has 20 heavy (non-hydrogen) atoms. The molecule has 0 atom stereocenters. The first-order chi connectivity index (χ1) is 9.05. The van der Waals surface area contributed by atoms with Crippen molar-refractivity contribution in [3.63, 3.8) is 0 Å². The Kier molecular flexibility index (Phi) is 4.19. The summed E-state index contributed by atoms with van der Waals surface area (Å²) in [5.74, 6) is 0. The molecule has 0 bridgehead atoms. The summed E-state index contributed by atoms with van der Waals surface area (Å²) in [6.07, 6.45) is 0. The minimum absolute atomic E-state index is 0. The number of rotatable bonds is 1. The first-order valence-corrected chi connectivity index (χ1v) is 6.81. The third kappa shape index (κ3) is 2.73. The predicted octanol–water partition coefficient (Wildman–Crippen LogP) is 2.53. The van der Waals surface area contributed by atoms with E-state index in [-0.39, 0.29) is 24.3 Å². The Morgan fingerprint density at radius 2 is 1.45 bits per heavy atom. The van der Waals surface area contributed by atoms with Crippen LogP contribution < -0.4 is 18.9 Å². The van der Waals surface area contributed by atoms with E-state index in [0.29, 0.717) is 0 Å². The summed E-state index contributed by atoms with van der Waals surface area (Å²) in [4.78, 5) is 0. The minimum atomic E-state index is 0. The van der Waals surface area contributed by atoms with Crippen LogP contribution in [0.4, 0.5) is 0 Å². The summed E-state index contributed by atoms with van der Waals surface area (Å²) < 4.78 is 0. The maximum absolute atomic E-state index is 2.25. The molecule has 3 aromatic rings. The van der Waals surface area contributed by atoms with E-state index in [4.69, 9.17) is 0 Å². The summed E-state index contributed by atoms with van der Waals surface area (Å²) in [6, 6.07) is 22.0. The summed E-state index contributed by atoms with van der Waals surface area (Å²) in [5.41, 5.74) is 4.23. The van der Waals surface area contributed by atoms with Crippen molar-refractivity contribution in [3.05, 3.63) is 66.2 Å². The Balaban J connectivity index is 0.00000147. The van der Waals surface area contributed by atoms with Gasteiger partial charge in [0.1, 0.15) is 0 Å². The second-order valence-electron chi connectivity index (χ2n) is 6.16. The van der Waals surface area contributed by atoms with Crippen molar-refractivity contribution in [2.75, 3.05) is 0 Å². The fourth-order valence-electron chi connectivity index (χ4n) is 2.55. The van der Waals surface area contributed by atoms with Gasteiger partial charge in [0, 0.05) is 0 Å². The van der Waals surface area contributed by atoms with Crippen molar-refractivity contribution in [1.82, 2.24) is 0 Å².